The second kappa shape index (κ2) is 24.7. The highest BCUT2D eigenvalue weighted by atomic mass is 32.2. The first-order valence-corrected chi connectivity index (χ1v) is 26.8. The molecular formula is C53H93N3O6S. The number of carbonyl (C=O) groups is 4. The number of carbonyl (C=O) groups excluding carboxylic acids is 4. The lowest BCUT2D eigenvalue weighted by Crippen LogP contribution is -2.51. The van der Waals surface area contributed by atoms with Gasteiger partial charge in [0.1, 0.15) is 11.9 Å². The molecule has 0 spiro atoms. The number of ketones is 1. The summed E-state index contributed by atoms with van der Waals surface area (Å²) in [5.74, 6) is 5.85. The van der Waals surface area contributed by atoms with E-state index in [1.165, 1.54) is 63.1 Å². The van der Waals surface area contributed by atoms with Gasteiger partial charge in [-0.3, -0.25) is 19.2 Å². The number of amides is 2. The summed E-state index contributed by atoms with van der Waals surface area (Å²) in [5.41, 5.74) is 1.17. The number of fused-ring (bicyclic) bond motifs is 5. The molecule has 9 nitrogen and oxygen atoms in total. The lowest BCUT2D eigenvalue weighted by atomic mass is 9.47. The smallest absolute Gasteiger partial charge is 0.311 e. The molecule has 4 rings (SSSR count). The molecule has 3 fully saturated rings. The summed E-state index contributed by atoms with van der Waals surface area (Å²) in [6, 6.07) is -0.0914. The highest BCUT2D eigenvalue weighted by Gasteiger charge is 2.59. The summed E-state index contributed by atoms with van der Waals surface area (Å²) >= 11 is 1.46. The Balaban J connectivity index is 1.10. The minimum absolute atomic E-state index is 0.0105. The zero-order valence-corrected chi connectivity index (χ0v) is 42.8. The van der Waals surface area contributed by atoms with Crippen molar-refractivity contribution in [1.82, 2.24) is 16.0 Å². The molecule has 10 heteroatoms. The van der Waals surface area contributed by atoms with E-state index in [2.05, 4.69) is 56.6 Å². The van der Waals surface area contributed by atoms with Gasteiger partial charge in [-0.05, 0) is 158 Å². The largest absolute Gasteiger partial charge is 0.462 e. The van der Waals surface area contributed by atoms with Crippen LogP contribution in [0.3, 0.4) is 0 Å². The van der Waals surface area contributed by atoms with Crippen LogP contribution in [0.25, 0.3) is 0 Å². The molecule has 0 aromatic heterocycles. The Hall–Kier alpha value is -1.91. The molecular weight excluding hydrogens is 807 g/mol. The molecule has 63 heavy (non-hydrogen) atoms. The van der Waals surface area contributed by atoms with Crippen LogP contribution in [0, 0.1) is 51.8 Å². The van der Waals surface area contributed by atoms with E-state index in [4.69, 9.17) is 9.47 Å². The molecule has 0 radical (unpaired) electrons. The Labute approximate surface area is 389 Å². The normalized spacial score (nSPS) is 28.0. The van der Waals surface area contributed by atoms with Crippen molar-refractivity contribution < 1.29 is 28.7 Å². The zero-order chi connectivity index (χ0) is 46.4. The van der Waals surface area contributed by atoms with Crippen molar-refractivity contribution in [1.29, 1.82) is 0 Å². The predicted molar refractivity (Wildman–Crippen MR) is 261 cm³/mol. The van der Waals surface area contributed by atoms with Crippen LogP contribution in [-0.4, -0.2) is 79.1 Å². The first-order chi connectivity index (χ1) is 29.8. The van der Waals surface area contributed by atoms with Crippen LogP contribution >= 0.6 is 11.8 Å². The topological polar surface area (TPSA) is 123 Å². The van der Waals surface area contributed by atoms with Crippen LogP contribution in [-0.2, 0) is 28.7 Å². The Morgan fingerprint density at radius 1 is 0.857 bits per heavy atom. The third kappa shape index (κ3) is 15.3. The highest BCUT2D eigenvalue weighted by molar-refractivity contribution is 7.99. The van der Waals surface area contributed by atoms with Crippen LogP contribution in [0.1, 0.15) is 192 Å². The lowest BCUT2D eigenvalue weighted by molar-refractivity contribution is -0.164. The van der Waals surface area contributed by atoms with Crippen LogP contribution in [0.5, 0.6) is 0 Å². The molecule has 4 aliphatic carbocycles. The minimum Gasteiger partial charge on any atom is -0.462 e. The van der Waals surface area contributed by atoms with Crippen LogP contribution in [0.2, 0.25) is 0 Å². The molecule has 0 heterocycles. The number of hydrogen-bond acceptors (Lipinski definition) is 8. The highest BCUT2D eigenvalue weighted by Crippen LogP contribution is 2.67. The van der Waals surface area contributed by atoms with E-state index in [1.807, 2.05) is 41.5 Å². The number of nitrogens with one attached hydrogen (secondary N) is 3. The van der Waals surface area contributed by atoms with Crippen molar-refractivity contribution >= 4 is 35.3 Å². The maximum absolute atomic E-state index is 13.7. The average Bonchev–Trinajstić information content (AvgIpc) is 3.58. The standard InChI is InChI=1S/C53H93N3O6S/c1-12-46(57)45(54-13-2)19-14-15-31-55-47(58)26-34-63-36-48(59)56-32-29-51(8,9)61-33-30-50(6,7)49(60)62-40-24-27-52(10)39(35-40)20-21-41-43-23-22-42(38(5)18-16-17-37(3)4)53(43,11)28-25-44(41)52/h20,37-38,40-45,54H,12-19,21-36H2,1-11H3,(H,55,58)(H,56,59). The van der Waals surface area contributed by atoms with E-state index >= 15 is 0 Å². The van der Waals surface area contributed by atoms with Crippen molar-refractivity contribution in [3.05, 3.63) is 11.6 Å². The fourth-order valence-corrected chi connectivity index (χ4v) is 13.1. The van der Waals surface area contributed by atoms with E-state index in [0.29, 0.717) is 62.3 Å². The molecule has 2 amide bonds. The summed E-state index contributed by atoms with van der Waals surface area (Å²) in [6.45, 7) is 26.7. The molecule has 4 aliphatic rings. The van der Waals surface area contributed by atoms with E-state index in [-0.39, 0.29) is 41.1 Å². The zero-order valence-electron chi connectivity index (χ0n) is 42.0. The lowest BCUT2D eigenvalue weighted by Gasteiger charge is -2.58. The van der Waals surface area contributed by atoms with Gasteiger partial charge in [0.15, 0.2) is 0 Å². The molecule has 3 saturated carbocycles. The van der Waals surface area contributed by atoms with Gasteiger partial charge in [0.2, 0.25) is 11.8 Å². The Kier molecular flexibility index (Phi) is 21.1. The van der Waals surface area contributed by atoms with Gasteiger partial charge < -0.3 is 25.4 Å². The Bertz CT molecular complexity index is 1510. The summed E-state index contributed by atoms with van der Waals surface area (Å²) in [7, 11) is 0. The molecule has 3 N–H and O–H groups in total. The van der Waals surface area contributed by atoms with Gasteiger partial charge >= 0.3 is 5.97 Å². The number of thioether (sulfide) groups is 1. The summed E-state index contributed by atoms with van der Waals surface area (Å²) in [4.78, 5) is 50.4. The number of allylic oxidation sites excluding steroid dienone is 1. The SMILES string of the molecule is CCNC(CCCCNC(=O)CCSCC(=O)NCCC(C)(C)OCCC(C)(C)C(=O)OC1CCC2(C)C(=CCC3C2CCC2(C)C(C(C)CCCC(C)C)CCC32)C1)C(=O)CC. The third-order valence-electron chi connectivity index (χ3n) is 16.5. The molecule has 9 atom stereocenters. The number of unbranched alkanes of at least 4 members (excludes halogenated alkanes) is 1. The van der Waals surface area contributed by atoms with Crippen molar-refractivity contribution in [3.63, 3.8) is 0 Å². The second-order valence-corrected chi connectivity index (χ2v) is 23.6. The number of rotatable bonds is 28. The molecule has 362 valence electrons. The fraction of sp³-hybridized carbons (Fsp3) is 0.887. The van der Waals surface area contributed by atoms with E-state index in [0.717, 1.165) is 80.6 Å². The van der Waals surface area contributed by atoms with E-state index in [1.54, 1.807) is 5.57 Å². The van der Waals surface area contributed by atoms with Gasteiger partial charge in [-0.2, -0.15) is 11.8 Å². The number of likely N-dealkylation sites (N-methyl/N-ethyl adjacent to an activating group) is 1. The predicted octanol–water partition coefficient (Wildman–Crippen LogP) is 11.0. The van der Waals surface area contributed by atoms with E-state index in [9.17, 15) is 19.2 Å². The minimum atomic E-state index is -0.657. The monoisotopic (exact) mass is 900 g/mol. The van der Waals surface area contributed by atoms with Gasteiger partial charge in [0, 0.05) is 44.7 Å². The van der Waals surface area contributed by atoms with Crippen molar-refractivity contribution in [2.24, 2.45) is 51.8 Å². The van der Waals surface area contributed by atoms with Crippen molar-refractivity contribution in [2.45, 2.75) is 209 Å². The molecule has 9 unspecified atom stereocenters. The Morgan fingerprint density at radius 3 is 2.32 bits per heavy atom. The van der Waals surface area contributed by atoms with Crippen LogP contribution in [0.15, 0.2) is 11.6 Å². The second-order valence-electron chi connectivity index (χ2n) is 22.5. The molecule has 0 aliphatic heterocycles. The first kappa shape index (κ1) is 53.7. The molecule has 0 aromatic rings. The fourth-order valence-electron chi connectivity index (χ4n) is 12.4. The van der Waals surface area contributed by atoms with Gasteiger partial charge in [0.05, 0.1) is 22.8 Å². The molecule has 0 saturated heterocycles. The van der Waals surface area contributed by atoms with Gasteiger partial charge in [-0.15, -0.1) is 0 Å². The average molecular weight is 900 g/mol. The maximum Gasteiger partial charge on any atom is 0.311 e. The summed E-state index contributed by atoms with van der Waals surface area (Å²) in [5, 5.41) is 9.19. The number of Topliss-reactive ketones (excluding diaryl/α,β-unsaturated/α-hetero) is 1. The van der Waals surface area contributed by atoms with Gasteiger partial charge in [0.25, 0.3) is 0 Å². The third-order valence-corrected chi connectivity index (χ3v) is 17.5. The summed E-state index contributed by atoms with van der Waals surface area (Å²) < 4.78 is 12.6. The Morgan fingerprint density at radius 2 is 1.60 bits per heavy atom. The maximum atomic E-state index is 13.7. The van der Waals surface area contributed by atoms with Crippen molar-refractivity contribution in [3.8, 4) is 0 Å². The van der Waals surface area contributed by atoms with E-state index < -0.39 is 11.0 Å². The number of esters is 1. The number of hydrogen-bond donors (Lipinski definition) is 3. The van der Waals surface area contributed by atoms with Gasteiger partial charge in [-0.1, -0.05) is 79.4 Å². The summed E-state index contributed by atoms with van der Waals surface area (Å²) in [6.07, 6.45) is 21.0. The van der Waals surface area contributed by atoms with Crippen LogP contribution in [0.4, 0.5) is 0 Å². The van der Waals surface area contributed by atoms with Crippen molar-refractivity contribution in [2.75, 3.05) is 37.7 Å². The molecule has 0 aromatic carbocycles. The van der Waals surface area contributed by atoms with Gasteiger partial charge in [-0.25, -0.2) is 0 Å². The molecule has 0 bridgehead atoms. The number of ether oxygens (including phenoxy) is 2. The van der Waals surface area contributed by atoms with Crippen LogP contribution < -0.4 is 16.0 Å². The quantitative estimate of drug-likeness (QED) is 0.0403. The first-order valence-electron chi connectivity index (χ1n) is 25.7.